The van der Waals surface area contributed by atoms with Crippen LogP contribution in [-0.4, -0.2) is 10.5 Å². The average Bonchev–Trinajstić information content (AvgIpc) is 2.43. The van der Waals surface area contributed by atoms with Gasteiger partial charge in [0.1, 0.15) is 0 Å². The Morgan fingerprint density at radius 1 is 1.43 bits per heavy atom. The lowest BCUT2D eigenvalue weighted by atomic mass is 10.1. The molecule has 3 heteroatoms. The molecule has 0 saturated heterocycles. The molecular formula is C11H12N2O. The molecule has 0 aliphatic heterocycles. The number of primary amides is 1. The number of hydrogen-bond donors (Lipinski definition) is 1. The second-order valence-corrected chi connectivity index (χ2v) is 3.45. The molecule has 1 heterocycles. The van der Waals surface area contributed by atoms with Crippen LogP contribution < -0.4 is 5.73 Å². The van der Waals surface area contributed by atoms with Crippen LogP contribution in [0.15, 0.2) is 24.3 Å². The normalized spacial score (nSPS) is 10.7. The van der Waals surface area contributed by atoms with E-state index in [-0.39, 0.29) is 5.91 Å². The molecule has 1 aromatic carbocycles. The average molecular weight is 188 g/mol. The molecule has 0 bridgehead atoms. The fraction of sp³-hybridized carbons (Fsp3) is 0.182. The molecule has 0 atom stereocenters. The van der Waals surface area contributed by atoms with Crippen molar-refractivity contribution < 1.29 is 4.79 Å². The zero-order chi connectivity index (χ0) is 10.3. The van der Waals surface area contributed by atoms with E-state index in [1.165, 1.54) is 0 Å². The van der Waals surface area contributed by atoms with E-state index in [1.807, 2.05) is 36.7 Å². The van der Waals surface area contributed by atoms with E-state index < -0.39 is 0 Å². The molecule has 2 N–H and O–H groups in total. The van der Waals surface area contributed by atoms with Crippen LogP contribution in [0.5, 0.6) is 0 Å². The van der Waals surface area contributed by atoms with Gasteiger partial charge >= 0.3 is 0 Å². The van der Waals surface area contributed by atoms with Crippen molar-refractivity contribution in [3.8, 4) is 0 Å². The van der Waals surface area contributed by atoms with Gasteiger partial charge in [-0.15, -0.1) is 0 Å². The maximum atomic E-state index is 11.2. The van der Waals surface area contributed by atoms with Gasteiger partial charge < -0.3 is 10.3 Å². The van der Waals surface area contributed by atoms with Crippen molar-refractivity contribution >= 4 is 16.8 Å². The van der Waals surface area contributed by atoms with Gasteiger partial charge in [0.05, 0.1) is 11.1 Å². The summed E-state index contributed by atoms with van der Waals surface area (Å²) >= 11 is 0. The van der Waals surface area contributed by atoms with E-state index >= 15 is 0 Å². The van der Waals surface area contributed by atoms with Crippen LogP contribution in [0.4, 0.5) is 0 Å². The Kier molecular flexibility index (Phi) is 1.81. The lowest BCUT2D eigenvalue weighted by molar-refractivity contribution is 0.100. The summed E-state index contributed by atoms with van der Waals surface area (Å²) in [6.45, 7) is 2.00. The zero-order valence-corrected chi connectivity index (χ0v) is 8.24. The van der Waals surface area contributed by atoms with Gasteiger partial charge in [-0.25, -0.2) is 0 Å². The molecule has 2 rings (SSSR count). The molecule has 14 heavy (non-hydrogen) atoms. The molecule has 0 aliphatic carbocycles. The SMILES string of the molecule is Cc1cc2cccc(C(N)=O)c2n1C. The van der Waals surface area contributed by atoms with Gasteiger partial charge in [0.25, 0.3) is 5.91 Å². The van der Waals surface area contributed by atoms with Crippen molar-refractivity contribution in [1.29, 1.82) is 0 Å². The largest absolute Gasteiger partial charge is 0.366 e. The lowest BCUT2D eigenvalue weighted by Crippen LogP contribution is -2.12. The number of benzene rings is 1. The molecule has 0 radical (unpaired) electrons. The van der Waals surface area contributed by atoms with Crippen LogP contribution in [-0.2, 0) is 7.05 Å². The fourth-order valence-electron chi connectivity index (χ4n) is 1.75. The van der Waals surface area contributed by atoms with Crippen LogP contribution in [0.3, 0.4) is 0 Å². The molecule has 2 aromatic rings. The van der Waals surface area contributed by atoms with Crippen molar-refractivity contribution in [3.05, 3.63) is 35.5 Å². The predicted molar refractivity (Wildman–Crippen MR) is 56.2 cm³/mol. The van der Waals surface area contributed by atoms with Gasteiger partial charge in [0, 0.05) is 18.1 Å². The second-order valence-electron chi connectivity index (χ2n) is 3.45. The molecule has 0 unspecified atom stereocenters. The van der Waals surface area contributed by atoms with Gasteiger partial charge in [-0.3, -0.25) is 4.79 Å². The minimum Gasteiger partial charge on any atom is -0.366 e. The highest BCUT2D eigenvalue weighted by Crippen LogP contribution is 2.21. The topological polar surface area (TPSA) is 48.0 Å². The molecule has 0 saturated carbocycles. The van der Waals surface area contributed by atoms with Crippen LogP contribution >= 0.6 is 0 Å². The standard InChI is InChI=1S/C11H12N2O/c1-7-6-8-4-3-5-9(11(12)14)10(8)13(7)2/h3-6H,1-2H3,(H2,12,14). The van der Waals surface area contributed by atoms with E-state index in [9.17, 15) is 4.79 Å². The quantitative estimate of drug-likeness (QED) is 0.725. The number of carbonyl (C=O) groups is 1. The summed E-state index contributed by atoms with van der Waals surface area (Å²) in [7, 11) is 1.93. The highest BCUT2D eigenvalue weighted by atomic mass is 16.1. The number of nitrogens with zero attached hydrogens (tertiary/aromatic N) is 1. The number of carbonyl (C=O) groups excluding carboxylic acids is 1. The Hall–Kier alpha value is -1.77. The third-order valence-electron chi connectivity index (χ3n) is 2.56. The number of fused-ring (bicyclic) bond motifs is 1. The van der Waals surface area contributed by atoms with Crippen LogP contribution in [0.25, 0.3) is 10.9 Å². The van der Waals surface area contributed by atoms with Gasteiger partial charge in [-0.1, -0.05) is 12.1 Å². The van der Waals surface area contributed by atoms with Gasteiger partial charge in [-0.05, 0) is 19.1 Å². The summed E-state index contributed by atoms with van der Waals surface area (Å²) in [5.41, 5.74) is 7.92. The maximum absolute atomic E-state index is 11.2. The zero-order valence-electron chi connectivity index (χ0n) is 8.24. The summed E-state index contributed by atoms with van der Waals surface area (Å²) < 4.78 is 1.98. The van der Waals surface area contributed by atoms with Crippen molar-refractivity contribution in [2.75, 3.05) is 0 Å². The molecule has 1 amide bonds. The van der Waals surface area contributed by atoms with Crippen LogP contribution in [0.2, 0.25) is 0 Å². The fourth-order valence-corrected chi connectivity index (χ4v) is 1.75. The van der Waals surface area contributed by atoms with E-state index in [2.05, 4.69) is 0 Å². The third kappa shape index (κ3) is 1.09. The monoisotopic (exact) mass is 188 g/mol. The number of aromatic nitrogens is 1. The first-order chi connectivity index (χ1) is 6.61. The van der Waals surface area contributed by atoms with Crippen molar-refractivity contribution in [2.24, 2.45) is 12.8 Å². The van der Waals surface area contributed by atoms with E-state index in [1.54, 1.807) is 6.07 Å². The number of aryl methyl sites for hydroxylation is 2. The van der Waals surface area contributed by atoms with E-state index in [0.717, 1.165) is 16.6 Å². The van der Waals surface area contributed by atoms with Crippen molar-refractivity contribution in [2.45, 2.75) is 6.92 Å². The predicted octanol–water partition coefficient (Wildman–Crippen LogP) is 1.59. The first-order valence-corrected chi connectivity index (χ1v) is 4.46. The third-order valence-corrected chi connectivity index (χ3v) is 2.56. The van der Waals surface area contributed by atoms with E-state index in [4.69, 9.17) is 5.73 Å². The summed E-state index contributed by atoms with van der Waals surface area (Å²) in [5.74, 6) is -0.378. The van der Waals surface area contributed by atoms with Crippen molar-refractivity contribution in [1.82, 2.24) is 4.57 Å². The summed E-state index contributed by atoms with van der Waals surface area (Å²) in [4.78, 5) is 11.2. The number of amides is 1. The summed E-state index contributed by atoms with van der Waals surface area (Å²) in [6, 6.07) is 7.63. The molecule has 0 aliphatic rings. The molecule has 72 valence electrons. The lowest BCUT2D eigenvalue weighted by Gasteiger charge is -2.03. The van der Waals surface area contributed by atoms with E-state index in [0.29, 0.717) is 5.56 Å². The van der Waals surface area contributed by atoms with Gasteiger partial charge in [-0.2, -0.15) is 0 Å². The number of hydrogen-bond acceptors (Lipinski definition) is 1. The van der Waals surface area contributed by atoms with Crippen LogP contribution in [0.1, 0.15) is 16.1 Å². The Labute approximate surface area is 82.1 Å². The summed E-state index contributed by atoms with van der Waals surface area (Å²) in [5, 5.41) is 1.06. The second kappa shape index (κ2) is 2.87. The Balaban J connectivity index is 2.91. The van der Waals surface area contributed by atoms with Crippen molar-refractivity contribution in [3.63, 3.8) is 0 Å². The minimum absolute atomic E-state index is 0.378. The molecule has 0 fully saturated rings. The maximum Gasteiger partial charge on any atom is 0.250 e. The van der Waals surface area contributed by atoms with Crippen LogP contribution in [0, 0.1) is 6.92 Å². The first-order valence-electron chi connectivity index (χ1n) is 4.46. The smallest absolute Gasteiger partial charge is 0.250 e. The molecule has 0 spiro atoms. The number of para-hydroxylation sites is 1. The van der Waals surface area contributed by atoms with Gasteiger partial charge in [0.15, 0.2) is 0 Å². The highest BCUT2D eigenvalue weighted by Gasteiger charge is 2.10. The highest BCUT2D eigenvalue weighted by molar-refractivity contribution is 6.05. The van der Waals surface area contributed by atoms with Gasteiger partial charge in [0.2, 0.25) is 0 Å². The molecule has 3 nitrogen and oxygen atoms in total. The first kappa shape index (κ1) is 8.81. The number of nitrogens with two attached hydrogens (primary N) is 1. The molecular weight excluding hydrogens is 176 g/mol. The summed E-state index contributed by atoms with van der Waals surface area (Å²) in [6.07, 6.45) is 0. The molecule has 1 aromatic heterocycles. The Morgan fingerprint density at radius 2 is 2.14 bits per heavy atom. The minimum atomic E-state index is -0.378. The number of rotatable bonds is 1. The Morgan fingerprint density at radius 3 is 2.79 bits per heavy atom. The Bertz CT molecular complexity index is 511.